The van der Waals surface area contributed by atoms with Crippen LogP contribution < -0.4 is 0 Å². The van der Waals surface area contributed by atoms with Crippen LogP contribution in [0.15, 0.2) is 41.3 Å². The van der Waals surface area contributed by atoms with E-state index in [0.29, 0.717) is 0 Å². The van der Waals surface area contributed by atoms with Crippen molar-refractivity contribution < 1.29 is 4.42 Å². The molecule has 0 radical (unpaired) electrons. The first kappa shape index (κ1) is 5.89. The molecule has 1 aromatic carbocycles. The summed E-state index contributed by atoms with van der Waals surface area (Å²) in [6.07, 6.45) is 5.65. The maximum atomic E-state index is 5.37. The van der Waals surface area contributed by atoms with Crippen molar-refractivity contribution >= 4 is 21.7 Å². The monoisotopic (exact) mass is 157 g/mol. The van der Waals surface area contributed by atoms with Crippen LogP contribution in [0.4, 0.5) is 0 Å². The summed E-state index contributed by atoms with van der Waals surface area (Å²) in [5.74, 6) is 0. The zero-order valence-corrected chi connectivity index (χ0v) is 6.37. The molecule has 12 heavy (non-hydrogen) atoms. The van der Waals surface area contributed by atoms with E-state index >= 15 is 0 Å². The van der Waals surface area contributed by atoms with Crippen LogP contribution >= 0.6 is 0 Å². The highest BCUT2D eigenvalue weighted by Crippen LogP contribution is 2.25. The highest BCUT2D eigenvalue weighted by atomic mass is 16.3. The summed E-state index contributed by atoms with van der Waals surface area (Å²) in [5, 5.41) is 3.50. The molecule has 2 heterocycles. The quantitative estimate of drug-likeness (QED) is 0.534. The van der Waals surface area contributed by atoms with Crippen LogP contribution in [0, 0.1) is 0 Å². The number of benzene rings is 1. The van der Waals surface area contributed by atoms with E-state index in [1.165, 1.54) is 5.39 Å². The largest absolute Gasteiger partial charge is 0.464 e. The van der Waals surface area contributed by atoms with E-state index in [4.69, 9.17) is 4.42 Å². The van der Waals surface area contributed by atoms with Crippen LogP contribution in [0.1, 0.15) is 0 Å². The Morgan fingerprint density at radius 1 is 1.00 bits per heavy atom. The molecule has 0 fully saturated rings. The van der Waals surface area contributed by atoms with Gasteiger partial charge in [-0.2, -0.15) is 0 Å². The minimum atomic E-state index is 0.966. The molecule has 0 saturated carbocycles. The Bertz CT molecular complexity index is 483. The van der Waals surface area contributed by atoms with Crippen molar-refractivity contribution in [1.82, 2.24) is 4.98 Å². The Balaban J connectivity index is 2.71. The molecule has 0 saturated heterocycles. The maximum Gasteiger partial charge on any atom is 0.143 e. The topological polar surface area (TPSA) is 28.9 Å². The second-order valence-electron chi connectivity index (χ2n) is 2.86. The van der Waals surface area contributed by atoms with Gasteiger partial charge in [0.25, 0.3) is 0 Å². The minimum Gasteiger partial charge on any atom is -0.464 e. The zero-order chi connectivity index (χ0) is 7.97. The molecule has 0 spiro atoms. The fraction of sp³-hybridized carbons (Fsp3) is 0. The van der Waals surface area contributed by atoms with E-state index in [0.717, 1.165) is 16.4 Å². The van der Waals surface area contributed by atoms with Crippen molar-refractivity contribution in [3.63, 3.8) is 0 Å². The molecule has 2 nitrogen and oxygen atoms in total. The van der Waals surface area contributed by atoms with Crippen molar-refractivity contribution in [2.45, 2.75) is 0 Å². The van der Waals surface area contributed by atoms with Crippen molar-refractivity contribution in [2.75, 3.05) is 0 Å². The van der Waals surface area contributed by atoms with E-state index in [2.05, 4.69) is 17.1 Å². The van der Waals surface area contributed by atoms with Gasteiger partial charge in [-0.3, -0.25) is 0 Å². The Kier molecular flexibility index (Phi) is 0.939. The highest BCUT2D eigenvalue weighted by molar-refractivity contribution is 6.03. The summed E-state index contributed by atoms with van der Waals surface area (Å²) in [4.78, 5) is 3.06. The Morgan fingerprint density at radius 3 is 2.92 bits per heavy atom. The smallest absolute Gasteiger partial charge is 0.143 e. The molecule has 0 unspecified atom stereocenters. The average Bonchev–Trinajstić information content (AvgIpc) is 2.71. The summed E-state index contributed by atoms with van der Waals surface area (Å²) >= 11 is 0. The van der Waals surface area contributed by atoms with E-state index in [1.54, 1.807) is 6.26 Å². The van der Waals surface area contributed by atoms with Gasteiger partial charge in [0.15, 0.2) is 0 Å². The number of hydrogen-bond donors (Lipinski definition) is 1. The van der Waals surface area contributed by atoms with Gasteiger partial charge in [0.1, 0.15) is 5.58 Å². The molecule has 0 aliphatic carbocycles. The summed E-state index contributed by atoms with van der Waals surface area (Å²) in [7, 11) is 0. The lowest BCUT2D eigenvalue weighted by Gasteiger charge is -1.89. The van der Waals surface area contributed by atoms with Crippen molar-refractivity contribution in [3.05, 3.63) is 36.9 Å². The summed E-state index contributed by atoms with van der Waals surface area (Å²) in [5.41, 5.74) is 0.966. The van der Waals surface area contributed by atoms with E-state index < -0.39 is 0 Å². The summed E-state index contributed by atoms with van der Waals surface area (Å²) in [6, 6.07) is 6.13. The van der Waals surface area contributed by atoms with Gasteiger partial charge < -0.3 is 9.40 Å². The standard InChI is InChI=1S/C10H7NO/c1-2-8-5-11-6-9(8)10-7(1)3-4-12-10/h1-6,11H. The lowest BCUT2D eigenvalue weighted by molar-refractivity contribution is 0.619. The molecule has 3 aromatic rings. The van der Waals surface area contributed by atoms with Crippen molar-refractivity contribution in [1.29, 1.82) is 0 Å². The predicted molar refractivity (Wildman–Crippen MR) is 48.1 cm³/mol. The average molecular weight is 157 g/mol. The minimum absolute atomic E-state index is 0.966. The SMILES string of the molecule is c1cc2ccc3c[nH]cc3c2o1. The molecule has 0 atom stereocenters. The Morgan fingerprint density at radius 2 is 1.92 bits per heavy atom. The first-order chi connectivity index (χ1) is 5.95. The van der Waals surface area contributed by atoms with Gasteiger partial charge in [-0.05, 0) is 6.07 Å². The van der Waals surface area contributed by atoms with Gasteiger partial charge in [-0.25, -0.2) is 0 Å². The van der Waals surface area contributed by atoms with E-state index in [9.17, 15) is 0 Å². The molecule has 58 valence electrons. The number of furan rings is 1. The van der Waals surface area contributed by atoms with Crippen molar-refractivity contribution in [2.24, 2.45) is 0 Å². The third-order valence-electron chi connectivity index (χ3n) is 2.16. The van der Waals surface area contributed by atoms with Crippen molar-refractivity contribution in [3.8, 4) is 0 Å². The number of fused-ring (bicyclic) bond motifs is 3. The van der Waals surface area contributed by atoms with Gasteiger partial charge >= 0.3 is 0 Å². The van der Waals surface area contributed by atoms with E-state index in [1.807, 2.05) is 18.5 Å². The first-order valence-electron chi connectivity index (χ1n) is 3.88. The molecular weight excluding hydrogens is 150 g/mol. The number of hydrogen-bond acceptors (Lipinski definition) is 1. The number of H-pyrrole nitrogens is 1. The third-order valence-corrected chi connectivity index (χ3v) is 2.16. The van der Waals surface area contributed by atoms with Gasteiger partial charge in [0.2, 0.25) is 0 Å². The second kappa shape index (κ2) is 1.91. The lowest BCUT2D eigenvalue weighted by Crippen LogP contribution is -1.64. The molecule has 2 aromatic heterocycles. The highest BCUT2D eigenvalue weighted by Gasteiger charge is 2.02. The predicted octanol–water partition coefficient (Wildman–Crippen LogP) is 2.91. The molecule has 0 bridgehead atoms. The Labute approximate surface area is 68.8 Å². The van der Waals surface area contributed by atoms with Crippen LogP contribution in [0.3, 0.4) is 0 Å². The molecule has 0 amide bonds. The number of nitrogens with one attached hydrogen (secondary N) is 1. The fourth-order valence-electron chi connectivity index (χ4n) is 1.56. The lowest BCUT2D eigenvalue weighted by atomic mass is 10.2. The molecule has 2 heteroatoms. The number of rotatable bonds is 0. The Hall–Kier alpha value is -1.70. The number of aromatic nitrogens is 1. The molecule has 0 aliphatic heterocycles. The maximum absolute atomic E-state index is 5.37. The van der Waals surface area contributed by atoms with Crippen LogP contribution in [-0.2, 0) is 0 Å². The normalized spacial score (nSPS) is 11.3. The van der Waals surface area contributed by atoms with Gasteiger partial charge in [-0.1, -0.05) is 12.1 Å². The van der Waals surface area contributed by atoms with Crippen LogP contribution in [0.25, 0.3) is 21.7 Å². The fourth-order valence-corrected chi connectivity index (χ4v) is 1.56. The second-order valence-corrected chi connectivity index (χ2v) is 2.86. The first-order valence-corrected chi connectivity index (χ1v) is 3.88. The molecule has 3 rings (SSSR count). The third kappa shape index (κ3) is 0.593. The van der Waals surface area contributed by atoms with Gasteiger partial charge in [0.05, 0.1) is 6.26 Å². The van der Waals surface area contributed by atoms with Gasteiger partial charge in [-0.15, -0.1) is 0 Å². The summed E-state index contributed by atoms with van der Waals surface area (Å²) in [6.45, 7) is 0. The summed E-state index contributed by atoms with van der Waals surface area (Å²) < 4.78 is 5.37. The van der Waals surface area contributed by atoms with Crippen LogP contribution in [0.5, 0.6) is 0 Å². The molecule has 1 N–H and O–H groups in total. The van der Waals surface area contributed by atoms with Crippen LogP contribution in [0.2, 0.25) is 0 Å². The van der Waals surface area contributed by atoms with Gasteiger partial charge in [0, 0.05) is 28.6 Å². The van der Waals surface area contributed by atoms with Crippen LogP contribution in [-0.4, -0.2) is 4.98 Å². The number of aromatic amines is 1. The molecular formula is C10H7NO. The molecule has 0 aliphatic rings. The van der Waals surface area contributed by atoms with E-state index in [-0.39, 0.29) is 0 Å². The zero-order valence-electron chi connectivity index (χ0n) is 6.37.